The lowest BCUT2D eigenvalue weighted by atomic mass is 10.1. The van der Waals surface area contributed by atoms with Gasteiger partial charge in [-0.1, -0.05) is 26.0 Å². The Balaban J connectivity index is 1.61. The summed E-state index contributed by atoms with van der Waals surface area (Å²) in [5.74, 6) is -0.332. The van der Waals surface area contributed by atoms with Crippen molar-refractivity contribution in [2.24, 2.45) is 11.8 Å². The van der Waals surface area contributed by atoms with Crippen molar-refractivity contribution < 1.29 is 23.9 Å². The second-order valence-electron chi connectivity index (χ2n) is 7.87. The van der Waals surface area contributed by atoms with Gasteiger partial charge in [-0.25, -0.2) is 4.79 Å². The van der Waals surface area contributed by atoms with Gasteiger partial charge in [-0.3, -0.25) is 9.59 Å². The van der Waals surface area contributed by atoms with Crippen molar-refractivity contribution in [1.82, 2.24) is 0 Å². The molecular formula is C24H28N2O5. The molecule has 1 saturated heterocycles. The Morgan fingerprint density at radius 3 is 2.52 bits per heavy atom. The Morgan fingerprint density at radius 1 is 1.13 bits per heavy atom. The number of nitrogens with zero attached hydrogens (tertiary/aromatic N) is 1. The number of amides is 2. The van der Waals surface area contributed by atoms with Gasteiger partial charge in [0.15, 0.2) is 0 Å². The van der Waals surface area contributed by atoms with E-state index < -0.39 is 11.9 Å². The second-order valence-corrected chi connectivity index (χ2v) is 7.87. The van der Waals surface area contributed by atoms with Gasteiger partial charge in [0.25, 0.3) is 0 Å². The van der Waals surface area contributed by atoms with Crippen LogP contribution < -0.4 is 15.0 Å². The van der Waals surface area contributed by atoms with Crippen molar-refractivity contribution >= 4 is 29.2 Å². The van der Waals surface area contributed by atoms with Crippen LogP contribution in [0.4, 0.5) is 11.4 Å². The van der Waals surface area contributed by atoms with Crippen molar-refractivity contribution in [2.75, 3.05) is 30.0 Å². The molecule has 2 amide bonds. The van der Waals surface area contributed by atoms with E-state index in [-0.39, 0.29) is 30.7 Å². The van der Waals surface area contributed by atoms with E-state index in [4.69, 9.17) is 9.47 Å². The molecule has 7 heteroatoms. The number of hydrogen-bond acceptors (Lipinski definition) is 5. The van der Waals surface area contributed by atoms with E-state index in [0.717, 1.165) is 0 Å². The van der Waals surface area contributed by atoms with Crippen LogP contribution in [-0.2, 0) is 14.3 Å². The maximum atomic E-state index is 12.7. The van der Waals surface area contributed by atoms with Crippen molar-refractivity contribution in [3.63, 3.8) is 0 Å². The molecule has 0 aliphatic carbocycles. The van der Waals surface area contributed by atoms with Crippen molar-refractivity contribution in [2.45, 2.75) is 27.2 Å². The molecule has 1 atom stereocenters. The van der Waals surface area contributed by atoms with E-state index in [9.17, 15) is 14.4 Å². The highest BCUT2D eigenvalue weighted by Gasteiger charge is 2.36. The molecular weight excluding hydrogens is 396 g/mol. The number of carbonyl (C=O) groups excluding carboxylic acids is 3. The number of ether oxygens (including phenoxy) is 2. The largest absolute Gasteiger partial charge is 0.492 e. The zero-order valence-corrected chi connectivity index (χ0v) is 18.1. The Kier molecular flexibility index (Phi) is 7.28. The Morgan fingerprint density at radius 2 is 1.84 bits per heavy atom. The number of carbonyl (C=O) groups is 3. The predicted molar refractivity (Wildman–Crippen MR) is 118 cm³/mol. The Labute approximate surface area is 182 Å². The zero-order chi connectivity index (χ0) is 22.4. The van der Waals surface area contributed by atoms with Gasteiger partial charge < -0.3 is 19.7 Å². The minimum atomic E-state index is -0.474. The van der Waals surface area contributed by atoms with Crippen molar-refractivity contribution in [1.29, 1.82) is 0 Å². The summed E-state index contributed by atoms with van der Waals surface area (Å²) >= 11 is 0. The fourth-order valence-electron chi connectivity index (χ4n) is 3.33. The van der Waals surface area contributed by atoms with Crippen LogP contribution in [0.25, 0.3) is 0 Å². The van der Waals surface area contributed by atoms with Gasteiger partial charge in [0, 0.05) is 18.7 Å². The fraction of sp³-hybridized carbons (Fsp3) is 0.375. The molecule has 1 N–H and O–H groups in total. The number of hydrogen-bond donors (Lipinski definition) is 1. The number of esters is 1. The summed E-state index contributed by atoms with van der Waals surface area (Å²) < 4.78 is 10.8. The summed E-state index contributed by atoms with van der Waals surface area (Å²) in [7, 11) is 0. The van der Waals surface area contributed by atoms with Gasteiger partial charge in [0.1, 0.15) is 5.75 Å². The van der Waals surface area contributed by atoms with E-state index in [1.165, 1.54) is 0 Å². The molecule has 0 unspecified atom stereocenters. The number of rotatable bonds is 8. The molecule has 2 aromatic carbocycles. The third-order valence-corrected chi connectivity index (χ3v) is 4.89. The van der Waals surface area contributed by atoms with Gasteiger partial charge in [-0.05, 0) is 49.2 Å². The second kappa shape index (κ2) is 10.1. The monoisotopic (exact) mass is 424 g/mol. The standard InChI is InChI=1S/C24H28N2O5/c1-4-30-21-8-6-5-7-20(21)26-14-18(13-22(26)27)23(28)25-19-11-9-17(10-12-19)24(29)31-15-16(2)3/h5-12,16,18H,4,13-15H2,1-3H3,(H,25,28)/t18-/m1/s1. The SMILES string of the molecule is CCOc1ccccc1N1C[C@H](C(=O)Nc2ccc(C(=O)OCC(C)C)cc2)CC1=O. The van der Waals surface area contributed by atoms with Crippen LogP contribution in [0.1, 0.15) is 37.6 Å². The summed E-state index contributed by atoms with van der Waals surface area (Å²) in [6.45, 7) is 6.95. The summed E-state index contributed by atoms with van der Waals surface area (Å²) in [6.07, 6.45) is 0.131. The minimum Gasteiger partial charge on any atom is -0.492 e. The summed E-state index contributed by atoms with van der Waals surface area (Å²) in [5, 5.41) is 2.83. The van der Waals surface area contributed by atoms with Crippen LogP contribution in [-0.4, -0.2) is 37.5 Å². The fourth-order valence-corrected chi connectivity index (χ4v) is 3.33. The first kappa shape index (κ1) is 22.3. The summed E-state index contributed by atoms with van der Waals surface area (Å²) in [6, 6.07) is 13.9. The molecule has 1 aliphatic heterocycles. The molecule has 1 fully saturated rings. The maximum Gasteiger partial charge on any atom is 0.338 e. The van der Waals surface area contributed by atoms with Gasteiger partial charge in [-0.15, -0.1) is 0 Å². The van der Waals surface area contributed by atoms with E-state index in [1.807, 2.05) is 45.0 Å². The van der Waals surface area contributed by atoms with E-state index in [2.05, 4.69) is 5.32 Å². The van der Waals surface area contributed by atoms with E-state index >= 15 is 0 Å². The molecule has 2 aromatic rings. The quantitative estimate of drug-likeness (QED) is 0.650. The van der Waals surface area contributed by atoms with Crippen LogP contribution in [0.2, 0.25) is 0 Å². The van der Waals surface area contributed by atoms with Crippen LogP contribution >= 0.6 is 0 Å². The lowest BCUT2D eigenvalue weighted by Gasteiger charge is -2.20. The smallest absolute Gasteiger partial charge is 0.338 e. The highest BCUT2D eigenvalue weighted by molar-refractivity contribution is 6.04. The zero-order valence-electron chi connectivity index (χ0n) is 18.1. The molecule has 31 heavy (non-hydrogen) atoms. The predicted octanol–water partition coefficient (Wildman–Crippen LogP) is 3.89. The van der Waals surface area contributed by atoms with Gasteiger partial charge in [-0.2, -0.15) is 0 Å². The molecule has 0 spiro atoms. The van der Waals surface area contributed by atoms with E-state index in [1.54, 1.807) is 29.2 Å². The van der Waals surface area contributed by atoms with Crippen LogP contribution in [0, 0.1) is 11.8 Å². The molecule has 0 radical (unpaired) electrons. The molecule has 7 nitrogen and oxygen atoms in total. The number of nitrogens with one attached hydrogen (secondary N) is 1. The first-order valence-electron chi connectivity index (χ1n) is 10.5. The molecule has 3 rings (SSSR count). The minimum absolute atomic E-state index is 0.115. The summed E-state index contributed by atoms with van der Waals surface area (Å²) in [5.41, 5.74) is 1.66. The summed E-state index contributed by atoms with van der Waals surface area (Å²) in [4.78, 5) is 38.9. The van der Waals surface area contributed by atoms with E-state index in [0.29, 0.717) is 35.9 Å². The van der Waals surface area contributed by atoms with Gasteiger partial charge in [0.2, 0.25) is 11.8 Å². The molecule has 1 aliphatic rings. The lowest BCUT2D eigenvalue weighted by Crippen LogP contribution is -2.28. The number of anilines is 2. The molecule has 0 saturated carbocycles. The highest BCUT2D eigenvalue weighted by Crippen LogP contribution is 2.33. The molecule has 0 aromatic heterocycles. The van der Waals surface area contributed by atoms with Crippen LogP contribution in [0.15, 0.2) is 48.5 Å². The van der Waals surface area contributed by atoms with Gasteiger partial charge in [0.05, 0.1) is 30.4 Å². The number of para-hydroxylation sites is 2. The first-order chi connectivity index (χ1) is 14.9. The van der Waals surface area contributed by atoms with Gasteiger partial charge >= 0.3 is 5.97 Å². The average molecular weight is 424 g/mol. The average Bonchev–Trinajstić information content (AvgIpc) is 3.15. The molecule has 164 valence electrons. The maximum absolute atomic E-state index is 12.7. The van der Waals surface area contributed by atoms with Crippen molar-refractivity contribution in [3.8, 4) is 5.75 Å². The van der Waals surface area contributed by atoms with Crippen molar-refractivity contribution in [3.05, 3.63) is 54.1 Å². The Bertz CT molecular complexity index is 939. The Hall–Kier alpha value is -3.35. The normalized spacial score (nSPS) is 15.8. The van der Waals surface area contributed by atoms with Crippen LogP contribution in [0.3, 0.4) is 0 Å². The topological polar surface area (TPSA) is 84.9 Å². The highest BCUT2D eigenvalue weighted by atomic mass is 16.5. The lowest BCUT2D eigenvalue weighted by molar-refractivity contribution is -0.122. The number of benzene rings is 2. The third kappa shape index (κ3) is 5.63. The molecule has 1 heterocycles. The first-order valence-corrected chi connectivity index (χ1v) is 10.5. The van der Waals surface area contributed by atoms with Crippen LogP contribution in [0.5, 0.6) is 5.75 Å². The third-order valence-electron chi connectivity index (χ3n) is 4.89. The molecule has 0 bridgehead atoms.